The van der Waals surface area contributed by atoms with Crippen molar-refractivity contribution in [3.05, 3.63) is 46.9 Å². The minimum atomic E-state index is -0.301. The number of fused-ring (bicyclic) bond motifs is 1. The molecule has 1 heterocycles. The highest BCUT2D eigenvalue weighted by Crippen LogP contribution is 2.32. The van der Waals surface area contributed by atoms with E-state index < -0.39 is 0 Å². The predicted molar refractivity (Wildman–Crippen MR) is 75.8 cm³/mol. The van der Waals surface area contributed by atoms with Crippen molar-refractivity contribution < 1.29 is 4.79 Å². The molecule has 1 aromatic rings. The molecule has 1 N–H and O–H groups in total. The molecule has 3 rings (SSSR count). The van der Waals surface area contributed by atoms with Gasteiger partial charge in [-0.3, -0.25) is 15.0 Å². The van der Waals surface area contributed by atoms with Gasteiger partial charge in [0.25, 0.3) is 5.56 Å². The fourth-order valence-electron chi connectivity index (χ4n) is 1.47. The number of benzene rings is 1. The van der Waals surface area contributed by atoms with Gasteiger partial charge in [0.15, 0.2) is 5.16 Å². The van der Waals surface area contributed by atoms with E-state index in [1.807, 2.05) is 0 Å². The van der Waals surface area contributed by atoms with Crippen LogP contribution in [0.2, 0.25) is 0 Å². The first-order chi connectivity index (χ1) is 9.11. The molecule has 0 atom stereocenters. The summed E-state index contributed by atoms with van der Waals surface area (Å²) in [6, 6.07) is 9.77. The second-order valence-corrected chi connectivity index (χ2v) is 4.63. The lowest BCUT2D eigenvalue weighted by atomic mass is 10.6. The highest BCUT2D eigenvalue weighted by atomic mass is 32.2. The molecule has 0 aromatic carbocycles. The summed E-state index contributed by atoms with van der Waals surface area (Å²) in [7, 11) is 0. The standard InChI is InChI=1S/C7H9N3O2S.C6H4/c1-5(11)9-10-6(12)3-4-8-7(10)13-2;1-2-5-4-6(5)3-1/h3-4H,1-2H3,(H,9,11);1-4H. The zero-order valence-electron chi connectivity index (χ0n) is 10.6. The number of aromatic nitrogens is 2. The van der Waals surface area contributed by atoms with Crippen molar-refractivity contribution in [3.8, 4) is 11.1 Å². The fraction of sp³-hybridized carbons (Fsp3) is 0.154. The van der Waals surface area contributed by atoms with Crippen LogP contribution in [-0.2, 0) is 4.79 Å². The van der Waals surface area contributed by atoms with E-state index >= 15 is 0 Å². The number of nitrogens with one attached hydrogen (secondary N) is 1. The molecule has 1 amide bonds. The Kier molecular flexibility index (Phi) is 4.01. The zero-order valence-corrected chi connectivity index (χ0v) is 11.4. The van der Waals surface area contributed by atoms with E-state index in [4.69, 9.17) is 0 Å². The van der Waals surface area contributed by atoms with E-state index in [-0.39, 0.29) is 11.5 Å². The Morgan fingerprint density at radius 1 is 1.32 bits per heavy atom. The Morgan fingerprint density at radius 2 is 2.00 bits per heavy atom. The van der Waals surface area contributed by atoms with Gasteiger partial charge in [-0.2, -0.15) is 4.68 Å². The van der Waals surface area contributed by atoms with Crippen LogP contribution in [0.1, 0.15) is 6.92 Å². The maximum Gasteiger partial charge on any atom is 0.273 e. The smallest absolute Gasteiger partial charge is 0.273 e. The molecular weight excluding hydrogens is 262 g/mol. The molecule has 0 saturated carbocycles. The third kappa shape index (κ3) is 3.45. The molecule has 0 fully saturated rings. The monoisotopic (exact) mass is 275 g/mol. The van der Waals surface area contributed by atoms with E-state index in [0.717, 1.165) is 4.68 Å². The van der Waals surface area contributed by atoms with E-state index in [9.17, 15) is 9.59 Å². The molecule has 2 aliphatic carbocycles. The molecular formula is C13H13N3O2S. The van der Waals surface area contributed by atoms with E-state index in [1.165, 1.54) is 42.1 Å². The number of thioether (sulfide) groups is 1. The third-order valence-electron chi connectivity index (χ3n) is 2.38. The molecule has 0 unspecified atom stereocenters. The fourth-order valence-corrected chi connectivity index (χ4v) is 1.96. The molecule has 0 radical (unpaired) electrons. The van der Waals surface area contributed by atoms with E-state index in [0.29, 0.717) is 5.16 Å². The predicted octanol–water partition coefficient (Wildman–Crippen LogP) is 1.72. The quantitative estimate of drug-likeness (QED) is 0.571. The van der Waals surface area contributed by atoms with Gasteiger partial charge in [0.05, 0.1) is 0 Å². The average Bonchev–Trinajstić information content (AvgIpc) is 2.99. The molecule has 0 saturated heterocycles. The molecule has 6 heteroatoms. The number of hydrogen-bond acceptors (Lipinski definition) is 4. The molecule has 2 aliphatic rings. The number of carbonyl (C=O) groups excluding carboxylic acids is 1. The molecule has 0 aliphatic heterocycles. The Balaban J connectivity index is 0.000000180. The number of rotatable bonds is 2. The van der Waals surface area contributed by atoms with Crippen LogP contribution in [0.4, 0.5) is 0 Å². The van der Waals surface area contributed by atoms with Crippen molar-refractivity contribution in [3.63, 3.8) is 0 Å². The molecule has 98 valence electrons. The van der Waals surface area contributed by atoms with Gasteiger partial charge < -0.3 is 0 Å². The number of hydrogen-bond donors (Lipinski definition) is 1. The van der Waals surface area contributed by atoms with Crippen molar-refractivity contribution in [1.29, 1.82) is 0 Å². The van der Waals surface area contributed by atoms with Crippen molar-refractivity contribution in [1.82, 2.24) is 9.66 Å². The Morgan fingerprint density at radius 3 is 2.42 bits per heavy atom. The van der Waals surface area contributed by atoms with Gasteiger partial charge in [0.1, 0.15) is 0 Å². The highest BCUT2D eigenvalue weighted by molar-refractivity contribution is 7.98. The summed E-state index contributed by atoms with van der Waals surface area (Å²) >= 11 is 1.29. The summed E-state index contributed by atoms with van der Waals surface area (Å²) in [6.07, 6.45) is 3.19. The van der Waals surface area contributed by atoms with Crippen molar-refractivity contribution in [2.75, 3.05) is 11.7 Å². The van der Waals surface area contributed by atoms with Gasteiger partial charge in [-0.05, 0) is 23.4 Å². The van der Waals surface area contributed by atoms with Crippen LogP contribution in [0, 0.1) is 0 Å². The summed E-state index contributed by atoms with van der Waals surface area (Å²) < 4.78 is 1.12. The van der Waals surface area contributed by atoms with Crippen LogP contribution in [0.15, 0.2) is 46.5 Å². The van der Waals surface area contributed by atoms with Gasteiger partial charge in [0, 0.05) is 19.2 Å². The van der Waals surface area contributed by atoms with E-state index in [1.54, 1.807) is 6.26 Å². The molecule has 0 bridgehead atoms. The first-order valence-corrected chi connectivity index (χ1v) is 6.84. The maximum atomic E-state index is 11.2. The van der Waals surface area contributed by atoms with Crippen LogP contribution in [0.5, 0.6) is 0 Å². The van der Waals surface area contributed by atoms with Crippen LogP contribution in [0.25, 0.3) is 11.1 Å². The number of carbonyl (C=O) groups is 1. The lowest BCUT2D eigenvalue weighted by Crippen LogP contribution is -2.32. The van der Waals surface area contributed by atoms with Crippen molar-refractivity contribution in [2.24, 2.45) is 0 Å². The minimum Gasteiger partial charge on any atom is -0.274 e. The highest BCUT2D eigenvalue weighted by Gasteiger charge is 2.07. The molecule has 1 aromatic heterocycles. The number of nitrogens with zero attached hydrogens (tertiary/aromatic N) is 2. The summed E-state index contributed by atoms with van der Waals surface area (Å²) in [5.74, 6) is -0.301. The van der Waals surface area contributed by atoms with Crippen molar-refractivity contribution >= 4 is 17.7 Å². The third-order valence-corrected chi connectivity index (χ3v) is 3.03. The van der Waals surface area contributed by atoms with Gasteiger partial charge >= 0.3 is 0 Å². The molecule has 19 heavy (non-hydrogen) atoms. The van der Waals surface area contributed by atoms with Gasteiger partial charge in [-0.25, -0.2) is 4.98 Å². The second kappa shape index (κ2) is 5.71. The summed E-state index contributed by atoms with van der Waals surface area (Å²) in [6.45, 7) is 1.34. The van der Waals surface area contributed by atoms with Gasteiger partial charge in [-0.15, -0.1) is 0 Å². The summed E-state index contributed by atoms with van der Waals surface area (Å²) in [5, 5.41) is 0.461. The SMILES string of the molecule is CSc1nccc(=O)n1NC(C)=O.c1cc2cc-2c1. The van der Waals surface area contributed by atoms with Gasteiger partial charge in [0.2, 0.25) is 5.91 Å². The maximum absolute atomic E-state index is 11.2. The van der Waals surface area contributed by atoms with Crippen LogP contribution in [-0.4, -0.2) is 21.8 Å². The molecule has 5 nitrogen and oxygen atoms in total. The molecule has 0 spiro atoms. The summed E-state index contributed by atoms with van der Waals surface area (Å²) in [5.41, 5.74) is 4.93. The largest absolute Gasteiger partial charge is 0.274 e. The van der Waals surface area contributed by atoms with Gasteiger partial charge in [-0.1, -0.05) is 30.0 Å². The first kappa shape index (κ1) is 13.4. The summed E-state index contributed by atoms with van der Waals surface area (Å²) in [4.78, 5) is 25.9. The lowest BCUT2D eigenvalue weighted by Gasteiger charge is -2.08. The first-order valence-electron chi connectivity index (χ1n) is 5.62. The normalized spacial score (nSPS) is 10.2. The second-order valence-electron chi connectivity index (χ2n) is 3.85. The lowest BCUT2D eigenvalue weighted by molar-refractivity contribution is -0.115. The average molecular weight is 275 g/mol. The van der Waals surface area contributed by atoms with Crippen molar-refractivity contribution in [2.45, 2.75) is 12.1 Å². The Bertz CT molecular complexity index is 650. The Hall–Kier alpha value is -2.08. The topological polar surface area (TPSA) is 64.0 Å². The minimum absolute atomic E-state index is 0.297. The zero-order chi connectivity index (χ0) is 13.8. The van der Waals surface area contributed by atoms with Crippen LogP contribution >= 0.6 is 11.8 Å². The van der Waals surface area contributed by atoms with E-state index in [2.05, 4.69) is 34.7 Å². The van der Waals surface area contributed by atoms with Crippen LogP contribution < -0.4 is 11.0 Å². The van der Waals surface area contributed by atoms with Crippen LogP contribution in [0.3, 0.4) is 0 Å². The number of amides is 1. The Labute approximate surface area is 114 Å².